The second-order valence-electron chi connectivity index (χ2n) is 8.61. The fourth-order valence-corrected chi connectivity index (χ4v) is 3.74. The summed E-state index contributed by atoms with van der Waals surface area (Å²) in [5, 5.41) is 2.74. The van der Waals surface area contributed by atoms with Gasteiger partial charge in [-0.1, -0.05) is 0 Å². The van der Waals surface area contributed by atoms with Gasteiger partial charge in [-0.05, 0) is 25.5 Å². The molecule has 0 unspecified atom stereocenters. The van der Waals surface area contributed by atoms with Gasteiger partial charge in [0.1, 0.15) is 23.3 Å². The Balaban J connectivity index is 1.35. The third kappa shape index (κ3) is 5.74. The van der Waals surface area contributed by atoms with Crippen molar-refractivity contribution >= 4 is 17.6 Å². The number of aromatic nitrogens is 4. The molecule has 0 saturated carbocycles. The van der Waals surface area contributed by atoms with Crippen molar-refractivity contribution in [2.24, 2.45) is 0 Å². The SMILES string of the molecule is Cc1cnc(NC(=O)c2cc(Oc3cnc(C(=O)N4CCC4)cn3)cc(OC3CCOCC3)c2)cn1. The summed E-state index contributed by atoms with van der Waals surface area (Å²) in [6.45, 7) is 4.53. The lowest BCUT2D eigenvalue weighted by Gasteiger charge is -2.30. The quantitative estimate of drug-likeness (QED) is 0.531. The predicted octanol–water partition coefficient (Wildman–Crippen LogP) is 3.02. The minimum atomic E-state index is -0.392. The number of nitrogens with zero attached hydrogens (tertiary/aromatic N) is 5. The molecule has 2 aliphatic heterocycles. The van der Waals surface area contributed by atoms with Gasteiger partial charge < -0.3 is 24.4 Å². The molecule has 0 atom stereocenters. The van der Waals surface area contributed by atoms with Gasteiger partial charge in [0.15, 0.2) is 5.82 Å². The van der Waals surface area contributed by atoms with E-state index in [1.54, 1.807) is 29.3 Å². The number of carbonyl (C=O) groups is 2. The first kappa shape index (κ1) is 23.6. The van der Waals surface area contributed by atoms with Crippen LogP contribution in [0.3, 0.4) is 0 Å². The lowest BCUT2D eigenvalue weighted by Crippen LogP contribution is -2.42. The molecule has 11 heteroatoms. The molecular weight excluding hydrogens is 464 g/mol. The highest BCUT2D eigenvalue weighted by Gasteiger charge is 2.23. The largest absolute Gasteiger partial charge is 0.490 e. The summed E-state index contributed by atoms with van der Waals surface area (Å²) in [6.07, 6.45) is 8.32. The fraction of sp³-hybridized carbons (Fsp3) is 0.360. The average molecular weight is 491 g/mol. The van der Waals surface area contributed by atoms with Gasteiger partial charge >= 0.3 is 0 Å². The van der Waals surface area contributed by atoms with Crippen LogP contribution in [0.25, 0.3) is 0 Å². The Morgan fingerprint density at radius 2 is 1.78 bits per heavy atom. The van der Waals surface area contributed by atoms with Crippen LogP contribution in [-0.2, 0) is 4.74 Å². The fourth-order valence-electron chi connectivity index (χ4n) is 3.74. The monoisotopic (exact) mass is 490 g/mol. The van der Waals surface area contributed by atoms with Gasteiger partial charge in [0.05, 0.1) is 43.7 Å². The van der Waals surface area contributed by atoms with Crippen LogP contribution in [0.15, 0.2) is 43.0 Å². The third-order valence-electron chi connectivity index (χ3n) is 5.85. The number of aryl methyl sites for hydroxylation is 1. The third-order valence-corrected chi connectivity index (χ3v) is 5.85. The van der Waals surface area contributed by atoms with Gasteiger partial charge in [0, 0.05) is 37.6 Å². The first-order valence-corrected chi connectivity index (χ1v) is 11.8. The Kier molecular flexibility index (Phi) is 6.99. The summed E-state index contributed by atoms with van der Waals surface area (Å²) in [5.41, 5.74) is 1.32. The summed E-state index contributed by atoms with van der Waals surface area (Å²) >= 11 is 0. The smallest absolute Gasteiger partial charge is 0.274 e. The number of hydrogen-bond acceptors (Lipinski definition) is 9. The van der Waals surface area contributed by atoms with Crippen LogP contribution >= 0.6 is 0 Å². The van der Waals surface area contributed by atoms with Crippen molar-refractivity contribution in [2.75, 3.05) is 31.6 Å². The number of likely N-dealkylation sites (tertiary alicyclic amines) is 1. The van der Waals surface area contributed by atoms with E-state index in [0.29, 0.717) is 36.1 Å². The van der Waals surface area contributed by atoms with Crippen LogP contribution < -0.4 is 14.8 Å². The molecule has 1 N–H and O–H groups in total. The zero-order valence-electron chi connectivity index (χ0n) is 19.8. The average Bonchev–Trinajstić information content (AvgIpc) is 2.85. The number of rotatable bonds is 7. The van der Waals surface area contributed by atoms with Crippen LogP contribution in [0.2, 0.25) is 0 Å². The summed E-state index contributed by atoms with van der Waals surface area (Å²) in [7, 11) is 0. The number of hydrogen-bond donors (Lipinski definition) is 1. The van der Waals surface area contributed by atoms with Gasteiger partial charge in [0.25, 0.3) is 11.8 Å². The number of nitrogens with one attached hydrogen (secondary N) is 1. The topological polar surface area (TPSA) is 129 Å². The van der Waals surface area contributed by atoms with Crippen molar-refractivity contribution in [2.45, 2.75) is 32.3 Å². The lowest BCUT2D eigenvalue weighted by molar-refractivity contribution is 0.0254. The van der Waals surface area contributed by atoms with E-state index < -0.39 is 5.91 Å². The molecule has 2 fully saturated rings. The van der Waals surface area contributed by atoms with Crippen molar-refractivity contribution in [3.63, 3.8) is 0 Å². The molecule has 3 aromatic rings. The number of ether oxygens (including phenoxy) is 3. The molecule has 11 nitrogen and oxygen atoms in total. The van der Waals surface area contributed by atoms with Gasteiger partial charge in [-0.3, -0.25) is 14.6 Å². The second kappa shape index (κ2) is 10.6. The summed E-state index contributed by atoms with van der Waals surface area (Å²) in [4.78, 5) is 43.8. The summed E-state index contributed by atoms with van der Waals surface area (Å²) in [6, 6.07) is 4.92. The number of benzene rings is 1. The van der Waals surface area contributed by atoms with Crippen LogP contribution in [0, 0.1) is 6.92 Å². The molecule has 0 spiro atoms. The van der Waals surface area contributed by atoms with Crippen LogP contribution in [0.4, 0.5) is 5.82 Å². The van der Waals surface area contributed by atoms with Crippen molar-refractivity contribution in [3.05, 3.63) is 59.9 Å². The molecule has 0 radical (unpaired) electrons. The predicted molar refractivity (Wildman–Crippen MR) is 128 cm³/mol. The molecule has 2 amide bonds. The van der Waals surface area contributed by atoms with Gasteiger partial charge in [0.2, 0.25) is 5.88 Å². The van der Waals surface area contributed by atoms with Crippen molar-refractivity contribution in [3.8, 4) is 17.4 Å². The van der Waals surface area contributed by atoms with E-state index in [9.17, 15) is 9.59 Å². The highest BCUT2D eigenvalue weighted by atomic mass is 16.5. The van der Waals surface area contributed by atoms with E-state index in [2.05, 4.69) is 25.3 Å². The molecule has 1 aromatic carbocycles. The maximum atomic E-state index is 13.0. The van der Waals surface area contributed by atoms with E-state index in [0.717, 1.165) is 38.0 Å². The number of amides is 2. The standard InChI is InChI=1S/C25H26N6O5/c1-16-12-28-22(14-26-16)30-24(32)17-9-19(35-18-3-7-34-8-4-18)11-20(10-17)36-23-15-27-21(13-29-23)25(33)31-5-2-6-31/h9-15,18H,2-8H2,1H3,(H,28,30,32). The van der Waals surface area contributed by atoms with Crippen molar-refractivity contribution in [1.29, 1.82) is 0 Å². The molecule has 4 heterocycles. The molecule has 5 rings (SSSR count). The normalized spacial score (nSPS) is 15.6. The molecule has 2 saturated heterocycles. The minimum Gasteiger partial charge on any atom is -0.490 e. The second-order valence-corrected chi connectivity index (χ2v) is 8.61. The number of anilines is 1. The first-order chi connectivity index (χ1) is 17.5. The van der Waals surface area contributed by atoms with E-state index in [4.69, 9.17) is 14.2 Å². The van der Waals surface area contributed by atoms with Gasteiger partial charge in [-0.15, -0.1) is 0 Å². The van der Waals surface area contributed by atoms with Gasteiger partial charge in [-0.25, -0.2) is 15.0 Å². The molecule has 0 aliphatic carbocycles. The van der Waals surface area contributed by atoms with Crippen molar-refractivity contribution in [1.82, 2.24) is 24.8 Å². The Morgan fingerprint density at radius 3 is 2.44 bits per heavy atom. The maximum absolute atomic E-state index is 13.0. The van der Waals surface area contributed by atoms with Gasteiger partial charge in [-0.2, -0.15) is 0 Å². The molecule has 186 valence electrons. The van der Waals surface area contributed by atoms with E-state index >= 15 is 0 Å². The zero-order chi connectivity index (χ0) is 24.9. The Hall–Kier alpha value is -4.12. The van der Waals surface area contributed by atoms with Crippen LogP contribution in [0.1, 0.15) is 45.8 Å². The number of carbonyl (C=O) groups excluding carboxylic acids is 2. The molecule has 2 aliphatic rings. The highest BCUT2D eigenvalue weighted by Crippen LogP contribution is 2.29. The zero-order valence-corrected chi connectivity index (χ0v) is 19.8. The molecular formula is C25H26N6O5. The van der Waals surface area contributed by atoms with Crippen LogP contribution in [0.5, 0.6) is 17.4 Å². The molecule has 2 aromatic heterocycles. The maximum Gasteiger partial charge on any atom is 0.274 e. The molecule has 0 bridgehead atoms. The Bertz CT molecular complexity index is 1220. The highest BCUT2D eigenvalue weighted by molar-refractivity contribution is 6.04. The van der Waals surface area contributed by atoms with Crippen LogP contribution in [-0.4, -0.2) is 69.1 Å². The molecule has 36 heavy (non-hydrogen) atoms. The Morgan fingerprint density at radius 1 is 0.972 bits per heavy atom. The van der Waals surface area contributed by atoms with E-state index in [1.807, 2.05) is 6.92 Å². The first-order valence-electron chi connectivity index (χ1n) is 11.8. The minimum absolute atomic E-state index is 0.0283. The summed E-state index contributed by atoms with van der Waals surface area (Å²) in [5.74, 6) is 0.807. The lowest BCUT2D eigenvalue weighted by atomic mass is 10.1. The summed E-state index contributed by atoms with van der Waals surface area (Å²) < 4.78 is 17.4. The van der Waals surface area contributed by atoms with E-state index in [1.165, 1.54) is 18.6 Å². The van der Waals surface area contributed by atoms with Crippen molar-refractivity contribution < 1.29 is 23.8 Å². The Labute approximate surface area is 207 Å². The van der Waals surface area contributed by atoms with E-state index in [-0.39, 0.29) is 23.6 Å².